The van der Waals surface area contributed by atoms with Crippen LogP contribution in [-0.2, 0) is 12.4 Å². The molecule has 166 valence electrons. The molecule has 9 heteroatoms. The second-order valence-electron chi connectivity index (χ2n) is 7.38. The normalized spacial score (nSPS) is 12.5. The first-order chi connectivity index (χ1) is 15.6. The van der Waals surface area contributed by atoms with Crippen LogP contribution in [0.5, 0.6) is 0 Å². The van der Waals surface area contributed by atoms with Crippen molar-refractivity contribution in [1.29, 1.82) is 0 Å². The van der Waals surface area contributed by atoms with Crippen LogP contribution in [0, 0.1) is 0 Å². The summed E-state index contributed by atoms with van der Waals surface area (Å²) < 4.78 is 80.2. The summed E-state index contributed by atoms with van der Waals surface area (Å²) in [6.07, 6.45) is -10.3. The summed E-state index contributed by atoms with van der Waals surface area (Å²) >= 11 is 1.43. The molecule has 0 fully saturated rings. The maximum absolute atomic E-state index is 13.5. The van der Waals surface area contributed by atoms with Gasteiger partial charge in [-0.05, 0) is 46.5 Å². The Labute approximate surface area is 187 Å². The minimum absolute atomic E-state index is 0.0790. The zero-order chi connectivity index (χ0) is 23.4. The molecule has 0 saturated heterocycles. The molecule has 0 N–H and O–H groups in total. The zero-order valence-corrected chi connectivity index (χ0v) is 17.3. The Morgan fingerprint density at radius 1 is 0.606 bits per heavy atom. The van der Waals surface area contributed by atoms with Gasteiger partial charge in [0.2, 0.25) is 0 Å². The highest BCUT2D eigenvalue weighted by molar-refractivity contribution is 7.13. The first-order valence-corrected chi connectivity index (χ1v) is 10.5. The molecular formula is C24H12F6N2S. The summed E-state index contributed by atoms with van der Waals surface area (Å²) in [4.78, 5) is 0.817. The number of fused-ring (bicyclic) bond motifs is 2. The third-order valence-electron chi connectivity index (χ3n) is 5.30. The van der Waals surface area contributed by atoms with E-state index in [-0.39, 0.29) is 11.3 Å². The van der Waals surface area contributed by atoms with Gasteiger partial charge in [-0.15, -0.1) is 21.5 Å². The van der Waals surface area contributed by atoms with Crippen molar-refractivity contribution in [1.82, 2.24) is 10.2 Å². The molecule has 0 radical (unpaired) electrons. The van der Waals surface area contributed by atoms with Gasteiger partial charge in [0.15, 0.2) is 0 Å². The van der Waals surface area contributed by atoms with Gasteiger partial charge < -0.3 is 0 Å². The molecule has 33 heavy (non-hydrogen) atoms. The van der Waals surface area contributed by atoms with Crippen molar-refractivity contribution < 1.29 is 26.3 Å². The maximum Gasteiger partial charge on any atom is 0.417 e. The molecule has 0 aliphatic heterocycles. The Morgan fingerprint density at radius 2 is 1.21 bits per heavy atom. The summed E-state index contributed by atoms with van der Waals surface area (Å²) in [5.41, 5.74) is -2.96. The van der Waals surface area contributed by atoms with Gasteiger partial charge in [-0.3, -0.25) is 0 Å². The molecule has 0 atom stereocenters. The second kappa shape index (κ2) is 7.55. The van der Waals surface area contributed by atoms with Crippen LogP contribution in [0.2, 0.25) is 0 Å². The van der Waals surface area contributed by atoms with E-state index in [2.05, 4.69) is 10.2 Å². The molecule has 2 nitrogen and oxygen atoms in total. The molecule has 2 aromatic heterocycles. The maximum atomic E-state index is 13.5. The summed E-state index contributed by atoms with van der Waals surface area (Å²) in [6.45, 7) is 0. The van der Waals surface area contributed by atoms with E-state index in [1.54, 1.807) is 6.07 Å². The first kappa shape index (κ1) is 21.4. The lowest BCUT2D eigenvalue weighted by Crippen LogP contribution is -2.16. The molecule has 0 aliphatic carbocycles. The summed E-state index contributed by atoms with van der Waals surface area (Å²) in [5, 5.41) is 13.1. The van der Waals surface area contributed by atoms with Crippen LogP contribution in [0.4, 0.5) is 26.3 Å². The minimum Gasteiger partial charge on any atom is -0.166 e. The third-order valence-corrected chi connectivity index (χ3v) is 6.18. The third kappa shape index (κ3) is 3.82. The van der Waals surface area contributed by atoms with Crippen LogP contribution in [0.15, 0.2) is 72.1 Å². The van der Waals surface area contributed by atoms with E-state index in [1.165, 1.54) is 11.3 Å². The van der Waals surface area contributed by atoms with Crippen LogP contribution >= 0.6 is 11.3 Å². The molecular weight excluding hydrogens is 462 g/mol. The van der Waals surface area contributed by atoms with Gasteiger partial charge in [-0.2, -0.15) is 26.3 Å². The van der Waals surface area contributed by atoms with Crippen molar-refractivity contribution in [3.8, 4) is 21.8 Å². The Kier molecular flexibility index (Phi) is 4.89. The smallest absolute Gasteiger partial charge is 0.166 e. The van der Waals surface area contributed by atoms with Crippen molar-refractivity contribution in [2.24, 2.45) is 0 Å². The SMILES string of the molecule is FC(F)(F)c1ccc(-c2nnc(-c3cccs3)c3cc4ccccc4cc23)cc1C(F)(F)F. The molecule has 2 heterocycles. The Hall–Kier alpha value is -3.46. The number of rotatable bonds is 2. The average molecular weight is 474 g/mol. The summed E-state index contributed by atoms with van der Waals surface area (Å²) in [6, 6.07) is 16.7. The number of aromatic nitrogens is 2. The lowest BCUT2D eigenvalue weighted by Gasteiger charge is -2.17. The van der Waals surface area contributed by atoms with E-state index in [0.717, 1.165) is 21.7 Å². The molecule has 0 spiro atoms. The van der Waals surface area contributed by atoms with E-state index in [1.807, 2.05) is 47.8 Å². The Bertz CT molecular complexity index is 1490. The number of nitrogens with zero attached hydrogens (tertiary/aromatic N) is 2. The molecule has 0 unspecified atom stereocenters. The lowest BCUT2D eigenvalue weighted by atomic mass is 9.96. The number of halogens is 6. The van der Waals surface area contributed by atoms with Gasteiger partial charge >= 0.3 is 12.4 Å². The largest absolute Gasteiger partial charge is 0.417 e. The van der Waals surface area contributed by atoms with Gasteiger partial charge in [-0.1, -0.05) is 36.4 Å². The Balaban J connectivity index is 1.82. The zero-order valence-electron chi connectivity index (χ0n) is 16.5. The fourth-order valence-electron chi connectivity index (χ4n) is 3.82. The van der Waals surface area contributed by atoms with Crippen LogP contribution in [0.3, 0.4) is 0 Å². The number of hydrogen-bond acceptors (Lipinski definition) is 3. The average Bonchev–Trinajstić information content (AvgIpc) is 3.30. The van der Waals surface area contributed by atoms with Gasteiger partial charge in [0.05, 0.1) is 16.0 Å². The number of alkyl halides is 6. The van der Waals surface area contributed by atoms with Crippen LogP contribution in [0.25, 0.3) is 43.4 Å². The topological polar surface area (TPSA) is 25.8 Å². The van der Waals surface area contributed by atoms with E-state index in [0.29, 0.717) is 28.6 Å². The molecule has 5 aromatic rings. The van der Waals surface area contributed by atoms with E-state index < -0.39 is 23.5 Å². The number of hydrogen-bond donors (Lipinski definition) is 0. The van der Waals surface area contributed by atoms with Crippen molar-refractivity contribution in [3.63, 3.8) is 0 Å². The highest BCUT2D eigenvalue weighted by atomic mass is 32.1. The van der Waals surface area contributed by atoms with Crippen molar-refractivity contribution >= 4 is 32.9 Å². The first-order valence-electron chi connectivity index (χ1n) is 9.65. The minimum atomic E-state index is -5.19. The van der Waals surface area contributed by atoms with E-state index >= 15 is 0 Å². The Morgan fingerprint density at radius 3 is 1.79 bits per heavy atom. The van der Waals surface area contributed by atoms with Crippen molar-refractivity contribution in [2.75, 3.05) is 0 Å². The van der Waals surface area contributed by atoms with E-state index in [4.69, 9.17) is 0 Å². The molecule has 3 aromatic carbocycles. The van der Waals surface area contributed by atoms with Crippen LogP contribution in [-0.4, -0.2) is 10.2 Å². The predicted molar refractivity (Wildman–Crippen MR) is 116 cm³/mol. The van der Waals surface area contributed by atoms with Crippen LogP contribution in [0.1, 0.15) is 11.1 Å². The monoisotopic (exact) mass is 474 g/mol. The van der Waals surface area contributed by atoms with Gasteiger partial charge in [0, 0.05) is 16.3 Å². The highest BCUT2D eigenvalue weighted by Crippen LogP contribution is 2.43. The second-order valence-corrected chi connectivity index (χ2v) is 8.32. The fraction of sp³-hybridized carbons (Fsp3) is 0.0833. The van der Waals surface area contributed by atoms with Gasteiger partial charge in [-0.25, -0.2) is 0 Å². The summed E-state index contributed by atoms with van der Waals surface area (Å²) in [7, 11) is 0. The molecule has 0 saturated carbocycles. The lowest BCUT2D eigenvalue weighted by molar-refractivity contribution is -0.162. The fourth-order valence-corrected chi connectivity index (χ4v) is 4.54. The molecule has 0 amide bonds. The van der Waals surface area contributed by atoms with Gasteiger partial charge in [0.1, 0.15) is 11.4 Å². The van der Waals surface area contributed by atoms with Crippen molar-refractivity contribution in [2.45, 2.75) is 12.4 Å². The molecule has 0 aliphatic rings. The van der Waals surface area contributed by atoms with Crippen LogP contribution < -0.4 is 0 Å². The summed E-state index contributed by atoms with van der Waals surface area (Å²) in [5.74, 6) is 0. The standard InChI is InChI=1S/C24H12F6N2S/c25-23(26,27)18-8-7-15(12-19(18)24(28,29)30)21-16-10-13-4-1-2-5-14(13)11-17(16)22(32-31-21)20-6-3-9-33-20/h1-12H. The molecule has 0 bridgehead atoms. The number of benzene rings is 3. The highest BCUT2D eigenvalue weighted by Gasteiger charge is 2.43. The number of thiophene rings is 1. The van der Waals surface area contributed by atoms with Gasteiger partial charge in [0.25, 0.3) is 0 Å². The quantitative estimate of drug-likeness (QED) is 0.190. The van der Waals surface area contributed by atoms with E-state index in [9.17, 15) is 26.3 Å². The van der Waals surface area contributed by atoms with Crippen molar-refractivity contribution in [3.05, 3.63) is 83.2 Å². The molecule has 5 rings (SSSR count). The predicted octanol–water partition coefficient (Wildman–Crippen LogP) is 8.22.